The van der Waals surface area contributed by atoms with Gasteiger partial charge in [-0.25, -0.2) is 8.42 Å². The van der Waals surface area contributed by atoms with E-state index in [1.54, 1.807) is 43.3 Å². The molecule has 0 radical (unpaired) electrons. The van der Waals surface area contributed by atoms with Gasteiger partial charge in [0.1, 0.15) is 13.1 Å². The minimum Gasteiger partial charge on any atom is -0.465 e. The third kappa shape index (κ3) is 3.66. The molecule has 0 unspecified atom stereocenters. The van der Waals surface area contributed by atoms with E-state index in [4.69, 9.17) is 4.74 Å². The van der Waals surface area contributed by atoms with Crippen molar-refractivity contribution in [2.24, 2.45) is 0 Å². The Balaban J connectivity index is 2.02. The molecular formula is C19H20N2O5S. The highest BCUT2D eigenvalue weighted by atomic mass is 32.2. The minimum atomic E-state index is -3.92. The SMILES string of the molecule is CCOC(=O)CN1C(=O)CN(S(=O)(=O)c2ccc(C)cc2)c2ccccc21. The average Bonchev–Trinajstić information content (AvgIpc) is 2.64. The number of para-hydroxylation sites is 2. The number of esters is 1. The molecule has 0 saturated carbocycles. The van der Waals surface area contributed by atoms with Crippen LogP contribution < -0.4 is 9.21 Å². The van der Waals surface area contributed by atoms with Crippen LogP contribution in [0.15, 0.2) is 53.4 Å². The van der Waals surface area contributed by atoms with Crippen molar-refractivity contribution in [1.29, 1.82) is 0 Å². The zero-order valence-corrected chi connectivity index (χ0v) is 15.9. The average molecular weight is 388 g/mol. The van der Waals surface area contributed by atoms with Crippen molar-refractivity contribution in [3.8, 4) is 0 Å². The summed E-state index contributed by atoms with van der Waals surface area (Å²) in [6.45, 7) is 3.11. The van der Waals surface area contributed by atoms with Crippen molar-refractivity contribution in [2.45, 2.75) is 18.7 Å². The fraction of sp³-hybridized carbons (Fsp3) is 0.263. The lowest BCUT2D eigenvalue weighted by atomic mass is 10.2. The van der Waals surface area contributed by atoms with Crippen LogP contribution in [0.4, 0.5) is 11.4 Å². The van der Waals surface area contributed by atoms with Crippen molar-refractivity contribution in [3.63, 3.8) is 0 Å². The van der Waals surface area contributed by atoms with Gasteiger partial charge in [-0.05, 0) is 38.1 Å². The van der Waals surface area contributed by atoms with Gasteiger partial charge in [-0.2, -0.15) is 0 Å². The molecular weight excluding hydrogens is 368 g/mol. The molecule has 1 aliphatic rings. The maximum atomic E-state index is 13.1. The van der Waals surface area contributed by atoms with E-state index >= 15 is 0 Å². The van der Waals surface area contributed by atoms with Gasteiger partial charge in [-0.1, -0.05) is 29.8 Å². The maximum absolute atomic E-state index is 13.1. The number of benzene rings is 2. The fourth-order valence-corrected chi connectivity index (χ4v) is 4.32. The Morgan fingerprint density at radius 1 is 1.07 bits per heavy atom. The monoisotopic (exact) mass is 388 g/mol. The molecule has 0 aliphatic carbocycles. The van der Waals surface area contributed by atoms with Crippen molar-refractivity contribution in [3.05, 3.63) is 54.1 Å². The zero-order valence-electron chi connectivity index (χ0n) is 15.1. The topological polar surface area (TPSA) is 84.0 Å². The highest BCUT2D eigenvalue weighted by Crippen LogP contribution is 2.36. The summed E-state index contributed by atoms with van der Waals surface area (Å²) in [6.07, 6.45) is 0. The Bertz CT molecular complexity index is 970. The van der Waals surface area contributed by atoms with E-state index in [9.17, 15) is 18.0 Å². The first kappa shape index (κ1) is 18.9. The van der Waals surface area contributed by atoms with Crippen LogP contribution in [0.3, 0.4) is 0 Å². The molecule has 0 fully saturated rings. The summed E-state index contributed by atoms with van der Waals surface area (Å²) in [5, 5.41) is 0. The highest BCUT2D eigenvalue weighted by molar-refractivity contribution is 7.92. The lowest BCUT2D eigenvalue weighted by molar-refractivity contribution is -0.142. The van der Waals surface area contributed by atoms with Gasteiger partial charge in [0.25, 0.3) is 10.0 Å². The van der Waals surface area contributed by atoms with Crippen LogP contribution in [0.2, 0.25) is 0 Å². The first-order valence-electron chi connectivity index (χ1n) is 8.49. The molecule has 1 amide bonds. The van der Waals surface area contributed by atoms with Crippen LogP contribution in [-0.4, -0.2) is 40.0 Å². The van der Waals surface area contributed by atoms with Crippen molar-refractivity contribution in [2.75, 3.05) is 28.9 Å². The first-order chi connectivity index (χ1) is 12.8. The Labute approximate surface area is 158 Å². The Morgan fingerprint density at radius 2 is 1.70 bits per heavy atom. The second kappa shape index (κ2) is 7.40. The third-order valence-corrected chi connectivity index (χ3v) is 6.00. The quantitative estimate of drug-likeness (QED) is 0.733. The maximum Gasteiger partial charge on any atom is 0.326 e. The van der Waals surface area contributed by atoms with E-state index in [2.05, 4.69) is 0 Å². The number of fused-ring (bicyclic) bond motifs is 1. The molecule has 2 aromatic rings. The second-order valence-electron chi connectivity index (χ2n) is 6.10. The Kier molecular flexibility index (Phi) is 5.18. The molecule has 27 heavy (non-hydrogen) atoms. The molecule has 2 aromatic carbocycles. The van der Waals surface area contributed by atoms with E-state index in [0.29, 0.717) is 11.4 Å². The van der Waals surface area contributed by atoms with E-state index in [-0.39, 0.29) is 24.6 Å². The summed E-state index contributed by atoms with van der Waals surface area (Å²) in [5.74, 6) is -1.03. The van der Waals surface area contributed by atoms with Crippen molar-refractivity contribution >= 4 is 33.3 Å². The van der Waals surface area contributed by atoms with E-state index < -0.39 is 21.9 Å². The molecule has 0 N–H and O–H groups in total. The van der Waals surface area contributed by atoms with Crippen LogP contribution >= 0.6 is 0 Å². The van der Waals surface area contributed by atoms with Gasteiger partial charge in [0.2, 0.25) is 5.91 Å². The van der Waals surface area contributed by atoms with Gasteiger partial charge in [0.05, 0.1) is 22.9 Å². The lowest BCUT2D eigenvalue weighted by Gasteiger charge is -2.36. The van der Waals surface area contributed by atoms with E-state index in [0.717, 1.165) is 9.87 Å². The molecule has 0 atom stereocenters. The van der Waals surface area contributed by atoms with E-state index in [1.165, 1.54) is 17.0 Å². The van der Waals surface area contributed by atoms with Crippen molar-refractivity contribution < 1.29 is 22.7 Å². The molecule has 0 spiro atoms. The fourth-order valence-electron chi connectivity index (χ4n) is 2.89. The normalized spacial score (nSPS) is 14.1. The number of sulfonamides is 1. The van der Waals surface area contributed by atoms with Crippen LogP contribution in [-0.2, 0) is 24.3 Å². The Hall–Kier alpha value is -2.87. The predicted molar refractivity (Wildman–Crippen MR) is 101 cm³/mol. The zero-order chi connectivity index (χ0) is 19.6. The number of anilines is 2. The van der Waals surface area contributed by atoms with Crippen LogP contribution in [0, 0.1) is 6.92 Å². The number of hydrogen-bond acceptors (Lipinski definition) is 5. The minimum absolute atomic E-state index is 0.106. The number of hydrogen-bond donors (Lipinski definition) is 0. The number of rotatable bonds is 5. The Morgan fingerprint density at radius 3 is 2.33 bits per heavy atom. The standard InChI is InChI=1S/C19H20N2O5S/c1-3-26-19(23)13-20-16-6-4-5-7-17(16)21(12-18(20)22)27(24,25)15-10-8-14(2)9-11-15/h4-11H,3,12-13H2,1-2H3. The van der Waals surface area contributed by atoms with Crippen LogP contribution in [0.25, 0.3) is 0 Å². The van der Waals surface area contributed by atoms with Gasteiger partial charge in [-0.15, -0.1) is 0 Å². The summed E-state index contributed by atoms with van der Waals surface area (Å²) in [5.41, 5.74) is 1.64. The largest absolute Gasteiger partial charge is 0.465 e. The lowest BCUT2D eigenvalue weighted by Crippen LogP contribution is -2.49. The number of ether oxygens (including phenoxy) is 1. The summed E-state index contributed by atoms with van der Waals surface area (Å²) in [7, 11) is -3.92. The summed E-state index contributed by atoms with van der Waals surface area (Å²) >= 11 is 0. The number of nitrogens with zero attached hydrogens (tertiary/aromatic N) is 2. The first-order valence-corrected chi connectivity index (χ1v) is 9.93. The third-order valence-electron chi connectivity index (χ3n) is 4.22. The molecule has 1 heterocycles. The van der Waals surface area contributed by atoms with Crippen LogP contribution in [0.5, 0.6) is 0 Å². The molecule has 0 aromatic heterocycles. The smallest absolute Gasteiger partial charge is 0.326 e. The molecule has 7 nitrogen and oxygen atoms in total. The van der Waals surface area contributed by atoms with Gasteiger partial charge in [0, 0.05) is 0 Å². The predicted octanol–water partition coefficient (Wildman–Crippen LogP) is 2.10. The molecule has 8 heteroatoms. The van der Waals surface area contributed by atoms with Gasteiger partial charge >= 0.3 is 5.97 Å². The second-order valence-corrected chi connectivity index (χ2v) is 7.96. The summed E-state index contributed by atoms with van der Waals surface area (Å²) in [4.78, 5) is 25.9. The summed E-state index contributed by atoms with van der Waals surface area (Å²) in [6, 6.07) is 13.1. The number of carbonyl (C=O) groups excluding carboxylic acids is 2. The number of aryl methyl sites for hydroxylation is 1. The number of amides is 1. The summed E-state index contributed by atoms with van der Waals surface area (Å²) < 4.78 is 32.2. The molecule has 142 valence electrons. The number of carbonyl (C=O) groups is 2. The van der Waals surface area contributed by atoms with Gasteiger partial charge < -0.3 is 4.74 Å². The van der Waals surface area contributed by atoms with Crippen molar-refractivity contribution in [1.82, 2.24) is 0 Å². The van der Waals surface area contributed by atoms with E-state index in [1.807, 2.05) is 6.92 Å². The molecule has 0 saturated heterocycles. The van der Waals surface area contributed by atoms with Crippen LogP contribution in [0.1, 0.15) is 12.5 Å². The van der Waals surface area contributed by atoms with Gasteiger partial charge in [-0.3, -0.25) is 18.8 Å². The molecule has 1 aliphatic heterocycles. The van der Waals surface area contributed by atoms with Gasteiger partial charge in [0.15, 0.2) is 0 Å². The molecule has 3 rings (SSSR count). The highest BCUT2D eigenvalue weighted by Gasteiger charge is 2.37. The molecule has 0 bridgehead atoms.